The second-order valence-corrected chi connectivity index (χ2v) is 5.24. The third-order valence-corrected chi connectivity index (χ3v) is 3.77. The number of sulfonamides is 1. The monoisotopic (exact) mass is 238 g/mol. The molecule has 1 aliphatic rings. The van der Waals surface area contributed by atoms with Crippen LogP contribution in [0.3, 0.4) is 0 Å². The van der Waals surface area contributed by atoms with Gasteiger partial charge in [0.05, 0.1) is 10.6 Å². The maximum atomic E-state index is 11.9. The first-order valence-electron chi connectivity index (χ1n) is 4.80. The second-order valence-electron chi connectivity index (χ2n) is 3.55. The molecule has 0 atom stereocenters. The Morgan fingerprint density at radius 1 is 1.38 bits per heavy atom. The first kappa shape index (κ1) is 10.9. The summed E-state index contributed by atoms with van der Waals surface area (Å²) in [6, 6.07) is 6.15. The lowest BCUT2D eigenvalue weighted by Crippen LogP contribution is -2.25. The largest absolute Gasteiger partial charge is 0.241 e. The fourth-order valence-electron chi connectivity index (χ4n) is 1.30. The number of hydrogen-bond donors (Lipinski definition) is 1. The van der Waals surface area contributed by atoms with Gasteiger partial charge in [0.1, 0.15) is 0 Å². The lowest BCUT2D eigenvalue weighted by atomic mass is 10.3. The lowest BCUT2D eigenvalue weighted by molar-refractivity contribution is 0.581. The van der Waals surface area contributed by atoms with Crippen molar-refractivity contribution in [2.24, 2.45) is 5.11 Å². The Labute approximate surface area is 93.0 Å². The fraction of sp³-hybridized carbons (Fsp3) is 0.333. The van der Waals surface area contributed by atoms with Crippen molar-refractivity contribution in [2.75, 3.05) is 0 Å². The topological polar surface area (TPSA) is 94.9 Å². The van der Waals surface area contributed by atoms with Crippen LogP contribution < -0.4 is 4.72 Å². The van der Waals surface area contributed by atoms with Gasteiger partial charge in [0.25, 0.3) is 0 Å². The minimum absolute atomic E-state index is 0.0275. The molecule has 0 aromatic heterocycles. The van der Waals surface area contributed by atoms with Gasteiger partial charge in [-0.3, -0.25) is 0 Å². The van der Waals surface area contributed by atoms with Gasteiger partial charge >= 0.3 is 0 Å². The van der Waals surface area contributed by atoms with E-state index in [1.165, 1.54) is 12.1 Å². The van der Waals surface area contributed by atoms with E-state index in [0.29, 0.717) is 0 Å². The number of rotatable bonds is 4. The van der Waals surface area contributed by atoms with Gasteiger partial charge in [-0.25, -0.2) is 13.1 Å². The Morgan fingerprint density at radius 3 is 2.69 bits per heavy atom. The van der Waals surface area contributed by atoms with Crippen LogP contribution in [0.2, 0.25) is 0 Å². The van der Waals surface area contributed by atoms with E-state index in [9.17, 15) is 8.42 Å². The van der Waals surface area contributed by atoms with Gasteiger partial charge in [-0.05, 0) is 24.4 Å². The lowest BCUT2D eigenvalue weighted by Gasteiger charge is -2.07. The molecule has 2 rings (SSSR count). The van der Waals surface area contributed by atoms with Crippen molar-refractivity contribution in [3.63, 3.8) is 0 Å². The molecule has 0 heterocycles. The summed E-state index contributed by atoms with van der Waals surface area (Å²) in [5, 5.41) is 3.36. The molecule has 6 nitrogen and oxygen atoms in total. The van der Waals surface area contributed by atoms with Crippen LogP contribution in [-0.2, 0) is 10.0 Å². The molecule has 0 bridgehead atoms. The molecule has 16 heavy (non-hydrogen) atoms. The molecule has 1 saturated carbocycles. The maximum Gasteiger partial charge on any atom is 0.241 e. The molecule has 0 unspecified atom stereocenters. The maximum absolute atomic E-state index is 11.9. The quantitative estimate of drug-likeness (QED) is 0.493. The Hall–Kier alpha value is -1.56. The van der Waals surface area contributed by atoms with Crippen LogP contribution in [0.15, 0.2) is 34.3 Å². The molecule has 0 spiro atoms. The predicted octanol–water partition coefficient (Wildman–Crippen LogP) is 2.07. The Morgan fingerprint density at radius 2 is 2.06 bits per heavy atom. The van der Waals surface area contributed by atoms with Crippen molar-refractivity contribution in [1.82, 2.24) is 4.72 Å². The highest BCUT2D eigenvalue weighted by Gasteiger charge is 2.28. The molecular formula is C9H10N4O2S. The van der Waals surface area contributed by atoms with Gasteiger partial charge in [0.15, 0.2) is 0 Å². The first-order chi connectivity index (χ1) is 7.63. The fourth-order valence-corrected chi connectivity index (χ4v) is 2.74. The van der Waals surface area contributed by atoms with E-state index in [-0.39, 0.29) is 16.6 Å². The van der Waals surface area contributed by atoms with Crippen molar-refractivity contribution in [2.45, 2.75) is 23.8 Å². The third-order valence-electron chi connectivity index (χ3n) is 2.21. The molecule has 84 valence electrons. The zero-order valence-corrected chi connectivity index (χ0v) is 9.18. The summed E-state index contributed by atoms with van der Waals surface area (Å²) in [4.78, 5) is 2.64. The molecule has 0 saturated heterocycles. The summed E-state index contributed by atoms with van der Waals surface area (Å²) in [6.07, 6.45) is 1.73. The molecule has 1 fully saturated rings. The molecule has 0 aliphatic heterocycles. The SMILES string of the molecule is [N-]=[N+]=Nc1ccccc1S(=O)(=O)NC1CC1. The summed E-state index contributed by atoms with van der Waals surface area (Å²) in [5.74, 6) is 0. The van der Waals surface area contributed by atoms with E-state index in [1.807, 2.05) is 0 Å². The van der Waals surface area contributed by atoms with Crippen molar-refractivity contribution in [3.8, 4) is 0 Å². The number of benzene rings is 1. The minimum Gasteiger partial charge on any atom is -0.208 e. The van der Waals surface area contributed by atoms with Gasteiger partial charge in [-0.1, -0.05) is 23.3 Å². The second kappa shape index (κ2) is 4.13. The van der Waals surface area contributed by atoms with Gasteiger partial charge in [0.2, 0.25) is 10.0 Å². The van der Waals surface area contributed by atoms with Crippen LogP contribution in [-0.4, -0.2) is 14.5 Å². The molecule has 1 N–H and O–H groups in total. The minimum atomic E-state index is -3.56. The molecular weight excluding hydrogens is 228 g/mol. The van der Waals surface area contributed by atoms with Crippen LogP contribution >= 0.6 is 0 Å². The van der Waals surface area contributed by atoms with Crippen LogP contribution in [0.1, 0.15) is 12.8 Å². The Bertz CT molecular complexity index is 544. The number of azide groups is 1. The molecule has 1 aliphatic carbocycles. The highest BCUT2D eigenvalue weighted by atomic mass is 32.2. The average Bonchev–Trinajstić information content (AvgIpc) is 3.02. The van der Waals surface area contributed by atoms with Crippen LogP contribution in [0.4, 0.5) is 5.69 Å². The molecule has 0 radical (unpaired) electrons. The number of hydrogen-bond acceptors (Lipinski definition) is 3. The number of nitrogens with zero attached hydrogens (tertiary/aromatic N) is 3. The highest BCUT2D eigenvalue weighted by molar-refractivity contribution is 7.89. The Balaban J connectivity index is 2.41. The highest BCUT2D eigenvalue weighted by Crippen LogP contribution is 2.27. The van der Waals surface area contributed by atoms with E-state index in [0.717, 1.165) is 12.8 Å². The predicted molar refractivity (Wildman–Crippen MR) is 58.6 cm³/mol. The summed E-state index contributed by atoms with van der Waals surface area (Å²) >= 11 is 0. The summed E-state index contributed by atoms with van der Waals surface area (Å²) < 4.78 is 26.3. The first-order valence-corrected chi connectivity index (χ1v) is 6.28. The van der Waals surface area contributed by atoms with Gasteiger partial charge in [-0.15, -0.1) is 0 Å². The molecule has 1 aromatic rings. The molecule has 7 heteroatoms. The van der Waals surface area contributed by atoms with E-state index >= 15 is 0 Å². The third kappa shape index (κ3) is 2.33. The van der Waals surface area contributed by atoms with Gasteiger partial charge < -0.3 is 0 Å². The summed E-state index contributed by atoms with van der Waals surface area (Å²) in [7, 11) is -3.56. The summed E-state index contributed by atoms with van der Waals surface area (Å²) in [6.45, 7) is 0. The van der Waals surface area contributed by atoms with Crippen molar-refractivity contribution >= 4 is 15.7 Å². The van der Waals surface area contributed by atoms with E-state index < -0.39 is 10.0 Å². The normalized spacial score (nSPS) is 15.5. The molecule has 0 amide bonds. The van der Waals surface area contributed by atoms with Gasteiger partial charge in [-0.2, -0.15) is 0 Å². The standard InChI is InChI=1S/C9H10N4O2S/c10-13-11-8-3-1-2-4-9(8)16(14,15)12-7-5-6-7/h1-4,7,12H,5-6H2. The van der Waals surface area contributed by atoms with Crippen LogP contribution in [0.25, 0.3) is 10.4 Å². The van der Waals surface area contributed by atoms with Crippen molar-refractivity contribution in [1.29, 1.82) is 0 Å². The van der Waals surface area contributed by atoms with Gasteiger partial charge in [0, 0.05) is 11.0 Å². The Kier molecular flexibility index (Phi) is 2.82. The molecule has 1 aromatic carbocycles. The zero-order valence-electron chi connectivity index (χ0n) is 8.37. The average molecular weight is 238 g/mol. The smallest absolute Gasteiger partial charge is 0.208 e. The van der Waals surface area contributed by atoms with E-state index in [4.69, 9.17) is 5.53 Å². The zero-order chi connectivity index (χ0) is 11.6. The number of nitrogens with one attached hydrogen (secondary N) is 1. The van der Waals surface area contributed by atoms with E-state index in [1.54, 1.807) is 12.1 Å². The van der Waals surface area contributed by atoms with Crippen molar-refractivity contribution in [3.05, 3.63) is 34.7 Å². The van der Waals surface area contributed by atoms with Crippen LogP contribution in [0, 0.1) is 0 Å². The summed E-state index contributed by atoms with van der Waals surface area (Å²) in [5.41, 5.74) is 8.47. The van der Waals surface area contributed by atoms with Crippen LogP contribution in [0.5, 0.6) is 0 Å². The van der Waals surface area contributed by atoms with E-state index in [2.05, 4.69) is 14.7 Å². The van der Waals surface area contributed by atoms with Crippen molar-refractivity contribution < 1.29 is 8.42 Å².